The van der Waals surface area contributed by atoms with E-state index in [1.165, 1.54) is 19.3 Å². The molecule has 4 bridgehead atoms. The van der Waals surface area contributed by atoms with E-state index in [1.807, 2.05) is 26.0 Å². The summed E-state index contributed by atoms with van der Waals surface area (Å²) in [5, 5.41) is 7.68. The van der Waals surface area contributed by atoms with E-state index < -0.39 is 24.5 Å². The van der Waals surface area contributed by atoms with Gasteiger partial charge in [0.2, 0.25) is 5.91 Å². The van der Waals surface area contributed by atoms with Crippen molar-refractivity contribution < 1.29 is 23.9 Å². The van der Waals surface area contributed by atoms with Crippen LogP contribution in [-0.4, -0.2) is 37.0 Å². The zero-order valence-electron chi connectivity index (χ0n) is 19.4. The molecular weight excluding hydrogens is 422 g/mol. The zero-order chi connectivity index (χ0) is 23.6. The molecule has 0 saturated heterocycles. The van der Waals surface area contributed by atoms with Gasteiger partial charge in [-0.3, -0.25) is 19.7 Å². The Hall–Kier alpha value is -2.90. The Kier molecular flexibility index (Phi) is 6.72. The number of imide groups is 1. The van der Waals surface area contributed by atoms with Crippen molar-refractivity contribution in [1.29, 1.82) is 0 Å². The Balaban J connectivity index is 1.14. The topological polar surface area (TPSA) is 114 Å². The lowest BCUT2D eigenvalue weighted by atomic mass is 9.49. The van der Waals surface area contributed by atoms with Gasteiger partial charge in [-0.1, -0.05) is 12.1 Å². The summed E-state index contributed by atoms with van der Waals surface area (Å²) < 4.78 is 4.95. The van der Waals surface area contributed by atoms with Gasteiger partial charge in [0, 0.05) is 17.6 Å². The quantitative estimate of drug-likeness (QED) is 0.547. The van der Waals surface area contributed by atoms with Gasteiger partial charge < -0.3 is 15.4 Å². The number of carbonyl (C=O) groups is 4. The van der Waals surface area contributed by atoms with Gasteiger partial charge in [0.1, 0.15) is 0 Å². The average molecular weight is 456 g/mol. The number of anilines is 1. The summed E-state index contributed by atoms with van der Waals surface area (Å²) in [4.78, 5) is 48.8. The first-order chi connectivity index (χ1) is 15.7. The van der Waals surface area contributed by atoms with E-state index in [0.717, 1.165) is 30.4 Å². The van der Waals surface area contributed by atoms with E-state index in [2.05, 4.69) is 16.0 Å². The molecule has 4 fully saturated rings. The van der Waals surface area contributed by atoms with E-state index in [0.29, 0.717) is 23.4 Å². The van der Waals surface area contributed by atoms with Gasteiger partial charge in [0.15, 0.2) is 6.61 Å². The minimum absolute atomic E-state index is 0.0138. The molecule has 4 aliphatic rings. The molecule has 0 unspecified atom stereocenters. The normalized spacial score (nSPS) is 27.0. The second-order valence-corrected chi connectivity index (χ2v) is 10.1. The molecule has 4 saturated carbocycles. The first-order valence-electron chi connectivity index (χ1n) is 11.8. The number of nitrogens with one attached hydrogen (secondary N) is 3. The number of carbonyl (C=O) groups excluding carboxylic acids is 4. The number of ether oxygens (including phenoxy) is 1. The number of rotatable bonds is 7. The first kappa shape index (κ1) is 23.3. The van der Waals surface area contributed by atoms with Crippen LogP contribution in [0.25, 0.3) is 0 Å². The smallest absolute Gasteiger partial charge is 0.325 e. The van der Waals surface area contributed by atoms with Crippen LogP contribution in [0, 0.1) is 37.0 Å². The van der Waals surface area contributed by atoms with Gasteiger partial charge in [-0.05, 0) is 87.3 Å². The second-order valence-electron chi connectivity index (χ2n) is 10.1. The lowest BCUT2D eigenvalue weighted by Gasteiger charge is -2.55. The van der Waals surface area contributed by atoms with E-state index in [4.69, 9.17) is 4.74 Å². The van der Waals surface area contributed by atoms with Crippen LogP contribution in [0.2, 0.25) is 0 Å². The van der Waals surface area contributed by atoms with E-state index in [-0.39, 0.29) is 24.3 Å². The van der Waals surface area contributed by atoms with Gasteiger partial charge in [-0.2, -0.15) is 0 Å². The third kappa shape index (κ3) is 5.37. The minimum atomic E-state index is -0.719. The van der Waals surface area contributed by atoms with Crippen molar-refractivity contribution in [3.05, 3.63) is 29.3 Å². The lowest BCUT2D eigenvalue weighted by molar-refractivity contribution is -0.149. The average Bonchev–Trinajstić information content (AvgIpc) is 2.74. The SMILES string of the molecule is Cc1cccc(NC(=O)NC(=O)COC(=O)CCNC(=O)C23CC4CC(CC(C4)C2)C3)c1C. The minimum Gasteiger partial charge on any atom is -0.456 e. The monoisotopic (exact) mass is 455 g/mol. The maximum atomic E-state index is 12.9. The van der Waals surface area contributed by atoms with Gasteiger partial charge in [-0.15, -0.1) is 0 Å². The van der Waals surface area contributed by atoms with Crippen LogP contribution < -0.4 is 16.0 Å². The van der Waals surface area contributed by atoms with Gasteiger partial charge >= 0.3 is 12.0 Å². The third-order valence-corrected chi connectivity index (χ3v) is 7.60. The van der Waals surface area contributed by atoms with Crippen molar-refractivity contribution in [1.82, 2.24) is 10.6 Å². The number of hydrogen-bond acceptors (Lipinski definition) is 5. The van der Waals surface area contributed by atoms with Crippen LogP contribution in [0.15, 0.2) is 18.2 Å². The van der Waals surface area contributed by atoms with Gasteiger partial charge in [0.05, 0.1) is 6.42 Å². The Labute approximate surface area is 194 Å². The summed E-state index contributed by atoms with van der Waals surface area (Å²) in [7, 11) is 0. The van der Waals surface area contributed by atoms with Crippen LogP contribution in [0.3, 0.4) is 0 Å². The molecule has 33 heavy (non-hydrogen) atoms. The number of aryl methyl sites for hydroxylation is 1. The maximum Gasteiger partial charge on any atom is 0.325 e. The highest BCUT2D eigenvalue weighted by atomic mass is 16.5. The largest absolute Gasteiger partial charge is 0.456 e. The summed E-state index contributed by atoms with van der Waals surface area (Å²) in [6.07, 6.45) is 6.70. The van der Waals surface area contributed by atoms with Crippen molar-refractivity contribution in [2.45, 2.75) is 58.8 Å². The van der Waals surface area contributed by atoms with E-state index in [9.17, 15) is 19.2 Å². The summed E-state index contributed by atoms with van der Waals surface area (Å²) in [5.74, 6) is 0.789. The fraction of sp³-hybridized carbons (Fsp3) is 0.600. The first-order valence-corrected chi connectivity index (χ1v) is 11.8. The van der Waals surface area contributed by atoms with Gasteiger partial charge in [-0.25, -0.2) is 4.79 Å². The van der Waals surface area contributed by atoms with E-state index in [1.54, 1.807) is 6.07 Å². The van der Waals surface area contributed by atoms with Crippen LogP contribution in [0.4, 0.5) is 10.5 Å². The van der Waals surface area contributed by atoms with Crippen LogP contribution in [0.1, 0.15) is 56.1 Å². The molecule has 0 spiro atoms. The molecule has 0 aliphatic heterocycles. The van der Waals surface area contributed by atoms with Gasteiger partial charge in [0.25, 0.3) is 5.91 Å². The fourth-order valence-corrected chi connectivity index (χ4v) is 6.28. The molecular formula is C25H33N3O5. The standard InChI is InChI=1S/C25H33N3O5/c1-15-4-3-5-20(16(15)2)27-24(32)28-21(29)14-33-22(30)6-7-26-23(31)25-11-17-8-18(12-25)10-19(9-17)13-25/h3-5,17-19H,6-14H2,1-2H3,(H,26,31)(H2,27,28,29,32). The highest BCUT2D eigenvalue weighted by Crippen LogP contribution is 2.60. The van der Waals surface area contributed by atoms with Crippen molar-refractivity contribution in [2.75, 3.05) is 18.5 Å². The number of hydrogen-bond donors (Lipinski definition) is 3. The molecule has 4 amide bonds. The van der Waals surface area contributed by atoms with Crippen LogP contribution in [0.5, 0.6) is 0 Å². The number of esters is 1. The zero-order valence-corrected chi connectivity index (χ0v) is 19.4. The highest BCUT2D eigenvalue weighted by molar-refractivity contribution is 6.02. The molecule has 0 aromatic heterocycles. The molecule has 0 atom stereocenters. The Morgan fingerprint density at radius 2 is 1.64 bits per heavy atom. The molecule has 1 aromatic carbocycles. The Bertz CT molecular complexity index is 922. The summed E-state index contributed by atoms with van der Waals surface area (Å²) >= 11 is 0. The Morgan fingerprint density at radius 3 is 2.27 bits per heavy atom. The predicted octanol–water partition coefficient (Wildman–Crippen LogP) is 3.22. The summed E-state index contributed by atoms with van der Waals surface area (Å²) in [6, 6.07) is 4.79. The summed E-state index contributed by atoms with van der Waals surface area (Å²) in [6.45, 7) is 3.43. The lowest BCUT2D eigenvalue weighted by Crippen LogP contribution is -2.53. The molecule has 3 N–H and O–H groups in total. The fourth-order valence-electron chi connectivity index (χ4n) is 6.28. The molecule has 0 radical (unpaired) electrons. The molecule has 5 rings (SSSR count). The van der Waals surface area contributed by atoms with Crippen molar-refractivity contribution in [3.63, 3.8) is 0 Å². The predicted molar refractivity (Wildman–Crippen MR) is 122 cm³/mol. The number of benzene rings is 1. The maximum absolute atomic E-state index is 12.9. The van der Waals surface area contributed by atoms with Crippen molar-refractivity contribution in [3.8, 4) is 0 Å². The summed E-state index contributed by atoms with van der Waals surface area (Å²) in [5.41, 5.74) is 2.28. The molecule has 0 heterocycles. The third-order valence-electron chi connectivity index (χ3n) is 7.60. The molecule has 178 valence electrons. The van der Waals surface area contributed by atoms with E-state index >= 15 is 0 Å². The van der Waals surface area contributed by atoms with Crippen LogP contribution >= 0.6 is 0 Å². The highest BCUT2D eigenvalue weighted by Gasteiger charge is 2.54. The number of amides is 4. The Morgan fingerprint density at radius 1 is 1.00 bits per heavy atom. The number of urea groups is 1. The molecule has 8 nitrogen and oxygen atoms in total. The molecule has 1 aromatic rings. The second kappa shape index (κ2) is 9.53. The van der Waals surface area contributed by atoms with Crippen LogP contribution in [-0.2, 0) is 19.1 Å². The van der Waals surface area contributed by atoms with Crippen molar-refractivity contribution >= 4 is 29.5 Å². The van der Waals surface area contributed by atoms with Crippen molar-refractivity contribution in [2.24, 2.45) is 23.2 Å². The molecule has 4 aliphatic carbocycles. The molecule has 8 heteroatoms.